The molecule has 2 heterocycles. The van der Waals surface area contributed by atoms with Crippen LogP contribution in [0.2, 0.25) is 5.02 Å². The number of ketones is 1. The molecule has 0 unspecified atom stereocenters. The molecule has 46 heavy (non-hydrogen) atoms. The van der Waals surface area contributed by atoms with Crippen molar-refractivity contribution >= 4 is 44.5 Å². The highest BCUT2D eigenvalue weighted by Crippen LogP contribution is 2.26. The number of rotatable bonds is 9. The summed E-state index contributed by atoms with van der Waals surface area (Å²) in [6, 6.07) is 23.5. The maximum atomic E-state index is 13.7. The molecule has 11 nitrogen and oxygen atoms in total. The molecule has 2 N–H and O–H groups in total. The first-order chi connectivity index (χ1) is 21.8. The Bertz CT molecular complexity index is 2240. The summed E-state index contributed by atoms with van der Waals surface area (Å²) in [5, 5.41) is 14.3. The van der Waals surface area contributed by atoms with E-state index < -0.39 is 21.5 Å². The molecular formula is C33H30ClN7O4S. The SMILES string of the molecule is Cc1ccc(NN=C(C#N)C(=O)c2cc(C)n(-c3c(C)n(C)n(-c4ccccc4)c3=O)c2C)cc1S(=O)(=O)Nc1cccc(Cl)c1. The van der Waals surface area contributed by atoms with Gasteiger partial charge < -0.3 is 4.57 Å². The van der Waals surface area contributed by atoms with Crippen LogP contribution in [0.25, 0.3) is 11.4 Å². The standard InChI is InChI=1S/C33H30ClN7O4S/c1-20-14-15-25(18-30(20)46(44,45)38-26-11-9-10-24(34)17-26)36-37-29(19-35)32(42)28-16-21(2)40(22(28)3)31-23(4)39(5)41(33(31)43)27-12-7-6-8-13-27/h6-18,36,38H,1-5H3. The molecular weight excluding hydrogens is 626 g/mol. The van der Waals surface area contributed by atoms with Crippen molar-refractivity contribution in [2.24, 2.45) is 12.1 Å². The summed E-state index contributed by atoms with van der Waals surface area (Å²) < 4.78 is 33.8. The van der Waals surface area contributed by atoms with Crippen molar-refractivity contribution in [2.75, 3.05) is 10.1 Å². The normalized spacial score (nSPS) is 11.7. The Kier molecular flexibility index (Phi) is 8.74. The molecule has 0 fully saturated rings. The second-order valence-electron chi connectivity index (χ2n) is 10.6. The van der Waals surface area contributed by atoms with E-state index in [0.29, 0.717) is 44.7 Å². The lowest BCUT2D eigenvalue weighted by Crippen LogP contribution is -2.22. The Morgan fingerprint density at radius 2 is 1.63 bits per heavy atom. The van der Waals surface area contributed by atoms with Gasteiger partial charge in [-0.3, -0.25) is 24.4 Å². The molecule has 0 radical (unpaired) electrons. The van der Waals surface area contributed by atoms with E-state index in [0.717, 1.165) is 0 Å². The van der Waals surface area contributed by atoms with Crippen molar-refractivity contribution in [2.45, 2.75) is 32.6 Å². The van der Waals surface area contributed by atoms with Crippen LogP contribution in [0.3, 0.4) is 0 Å². The number of hydrogen-bond donors (Lipinski definition) is 2. The number of halogens is 1. The number of hydrogen-bond acceptors (Lipinski definition) is 7. The molecule has 0 aliphatic heterocycles. The quantitative estimate of drug-likeness (QED) is 0.116. The molecule has 0 amide bonds. The Morgan fingerprint density at radius 3 is 2.30 bits per heavy atom. The van der Waals surface area contributed by atoms with Crippen molar-refractivity contribution in [3.8, 4) is 17.4 Å². The van der Waals surface area contributed by atoms with Gasteiger partial charge in [0.15, 0.2) is 0 Å². The highest BCUT2D eigenvalue weighted by atomic mass is 35.5. The Balaban J connectivity index is 1.45. The summed E-state index contributed by atoms with van der Waals surface area (Å²) in [5.41, 5.74) is 5.98. The topological polar surface area (TPSA) is 143 Å². The van der Waals surface area contributed by atoms with Gasteiger partial charge in [-0.15, -0.1) is 0 Å². The zero-order valence-electron chi connectivity index (χ0n) is 25.7. The van der Waals surface area contributed by atoms with Gasteiger partial charge in [0.05, 0.1) is 27.7 Å². The fraction of sp³-hybridized carbons (Fsp3) is 0.152. The molecule has 234 valence electrons. The van der Waals surface area contributed by atoms with Crippen LogP contribution in [0, 0.1) is 39.0 Å². The number of sulfonamides is 1. The summed E-state index contributed by atoms with van der Waals surface area (Å²) in [4.78, 5) is 27.2. The molecule has 5 aromatic rings. The van der Waals surface area contributed by atoms with Gasteiger partial charge in [0.1, 0.15) is 11.8 Å². The minimum atomic E-state index is -4.01. The number of benzene rings is 3. The van der Waals surface area contributed by atoms with Crippen molar-refractivity contribution in [3.63, 3.8) is 0 Å². The zero-order chi connectivity index (χ0) is 33.3. The first-order valence-electron chi connectivity index (χ1n) is 14.0. The third-order valence-electron chi connectivity index (χ3n) is 7.60. The number of carbonyl (C=O) groups is 1. The lowest BCUT2D eigenvalue weighted by Gasteiger charge is -2.12. The van der Waals surface area contributed by atoms with Gasteiger partial charge in [0.25, 0.3) is 15.6 Å². The number of nitriles is 1. The smallest absolute Gasteiger partial charge is 0.295 e. The molecule has 13 heteroatoms. The van der Waals surface area contributed by atoms with Crippen LogP contribution >= 0.6 is 11.6 Å². The van der Waals surface area contributed by atoms with E-state index in [1.807, 2.05) is 43.3 Å². The van der Waals surface area contributed by atoms with Crippen LogP contribution in [0.1, 0.15) is 33.0 Å². The fourth-order valence-electron chi connectivity index (χ4n) is 5.24. The number of anilines is 2. The lowest BCUT2D eigenvalue weighted by molar-refractivity contribution is 0.106. The van der Waals surface area contributed by atoms with Gasteiger partial charge in [0.2, 0.25) is 11.5 Å². The largest absolute Gasteiger partial charge is 0.311 e. The number of nitrogens with one attached hydrogen (secondary N) is 2. The molecule has 3 aromatic carbocycles. The molecule has 0 saturated carbocycles. The number of para-hydroxylation sites is 1. The van der Waals surface area contributed by atoms with Crippen LogP contribution in [0.15, 0.2) is 93.7 Å². The van der Waals surface area contributed by atoms with E-state index in [2.05, 4.69) is 15.2 Å². The van der Waals surface area contributed by atoms with Crippen LogP contribution < -0.4 is 15.7 Å². The first-order valence-corrected chi connectivity index (χ1v) is 15.9. The van der Waals surface area contributed by atoms with E-state index in [-0.39, 0.29) is 21.7 Å². The molecule has 2 aromatic heterocycles. The summed E-state index contributed by atoms with van der Waals surface area (Å²) in [7, 11) is -2.22. The van der Waals surface area contributed by atoms with Gasteiger partial charge in [-0.1, -0.05) is 41.9 Å². The minimum Gasteiger partial charge on any atom is -0.311 e. The summed E-state index contributed by atoms with van der Waals surface area (Å²) in [6.07, 6.45) is 0. The zero-order valence-corrected chi connectivity index (χ0v) is 27.2. The van der Waals surface area contributed by atoms with E-state index in [9.17, 15) is 23.3 Å². The van der Waals surface area contributed by atoms with Crippen molar-refractivity contribution in [1.29, 1.82) is 5.26 Å². The third kappa shape index (κ3) is 5.98. The number of carbonyl (C=O) groups excluding carboxylic acids is 1. The molecule has 0 saturated heterocycles. The van der Waals surface area contributed by atoms with Gasteiger partial charge >= 0.3 is 0 Å². The van der Waals surface area contributed by atoms with Crippen molar-refractivity contribution in [1.82, 2.24) is 13.9 Å². The fourth-order valence-corrected chi connectivity index (χ4v) is 6.76. The number of nitrogens with zero attached hydrogens (tertiary/aromatic N) is 5. The van der Waals surface area contributed by atoms with E-state index in [1.54, 1.807) is 78.1 Å². The molecule has 0 atom stereocenters. The molecule has 0 aliphatic carbocycles. The van der Waals surface area contributed by atoms with Crippen LogP contribution in [-0.4, -0.2) is 33.8 Å². The molecule has 0 aliphatic rings. The second kappa shape index (κ2) is 12.5. The van der Waals surface area contributed by atoms with E-state index in [1.165, 1.54) is 12.1 Å². The molecule has 0 bridgehead atoms. The number of hydrazone groups is 1. The predicted molar refractivity (Wildman–Crippen MR) is 179 cm³/mol. The van der Waals surface area contributed by atoms with Crippen LogP contribution in [0.5, 0.6) is 0 Å². The third-order valence-corrected chi connectivity index (χ3v) is 9.35. The van der Waals surface area contributed by atoms with Crippen molar-refractivity contribution in [3.05, 3.63) is 122 Å². The summed E-state index contributed by atoms with van der Waals surface area (Å²) in [6.45, 7) is 6.94. The van der Waals surface area contributed by atoms with Crippen LogP contribution in [0.4, 0.5) is 11.4 Å². The average Bonchev–Trinajstić information content (AvgIpc) is 3.42. The number of aromatic nitrogens is 3. The van der Waals surface area contributed by atoms with Gasteiger partial charge in [-0.25, -0.2) is 13.1 Å². The molecule has 0 spiro atoms. The predicted octanol–water partition coefficient (Wildman–Crippen LogP) is 5.83. The maximum absolute atomic E-state index is 13.7. The van der Waals surface area contributed by atoms with Gasteiger partial charge in [-0.05, 0) is 81.8 Å². The van der Waals surface area contributed by atoms with Crippen LogP contribution in [-0.2, 0) is 17.1 Å². The second-order valence-corrected chi connectivity index (χ2v) is 12.7. The summed E-state index contributed by atoms with van der Waals surface area (Å²) >= 11 is 5.99. The van der Waals surface area contributed by atoms with Gasteiger partial charge in [-0.2, -0.15) is 10.4 Å². The average molecular weight is 656 g/mol. The Hall–Kier alpha value is -5.38. The van der Waals surface area contributed by atoms with Gasteiger partial charge in [0, 0.05) is 29.0 Å². The first kappa shape index (κ1) is 32.0. The maximum Gasteiger partial charge on any atom is 0.295 e. The van der Waals surface area contributed by atoms with E-state index in [4.69, 9.17) is 11.6 Å². The highest BCUT2D eigenvalue weighted by molar-refractivity contribution is 7.92. The minimum absolute atomic E-state index is 0.0274. The highest BCUT2D eigenvalue weighted by Gasteiger charge is 2.26. The lowest BCUT2D eigenvalue weighted by atomic mass is 10.1. The number of Topliss-reactive ketones (excluding diaryl/α,β-unsaturated/α-hetero) is 1. The summed E-state index contributed by atoms with van der Waals surface area (Å²) in [5.74, 6) is -0.658. The molecule has 5 rings (SSSR count). The Morgan fingerprint density at radius 1 is 0.913 bits per heavy atom. The monoisotopic (exact) mass is 655 g/mol. The van der Waals surface area contributed by atoms with Crippen molar-refractivity contribution < 1.29 is 13.2 Å². The number of aryl methyl sites for hydroxylation is 2. The Labute approximate surface area is 271 Å². The van der Waals surface area contributed by atoms with E-state index >= 15 is 0 Å².